The van der Waals surface area contributed by atoms with E-state index in [-0.39, 0.29) is 20.4 Å². The number of benzene rings is 3. The van der Waals surface area contributed by atoms with Crippen molar-refractivity contribution in [1.29, 1.82) is 0 Å². The van der Waals surface area contributed by atoms with Gasteiger partial charge >= 0.3 is 7.25 Å². The number of rotatable bonds is 6. The molecule has 10 heteroatoms. The zero-order valence-corrected chi connectivity index (χ0v) is 31.2. The van der Waals surface area contributed by atoms with Crippen LogP contribution in [0.2, 0.25) is 0 Å². The average Bonchev–Trinajstić information content (AvgIpc) is 3.46. The Bertz CT molecular complexity index is 1390. The Morgan fingerprint density at radius 2 is 1.27 bits per heavy atom. The fourth-order valence-corrected chi connectivity index (χ4v) is 5.49. The van der Waals surface area contributed by atoms with Crippen LogP contribution in [0.4, 0.5) is 28.6 Å². The SMILES string of the molecule is CN(C)Cc1[c-]cccc1.Cc1cc(C)c(N2[CH-]N(c3c(C(C)C)cccc3C(C)C)CC2)c(C)c1.F[B-](F)(F)F.[Pd].c1ccncc1. The van der Waals surface area contributed by atoms with E-state index in [1.54, 1.807) is 12.4 Å². The molecule has 4 nitrogen and oxygen atoms in total. The van der Waals surface area contributed by atoms with E-state index < -0.39 is 7.25 Å². The minimum absolute atomic E-state index is 0. The van der Waals surface area contributed by atoms with Gasteiger partial charge in [0.2, 0.25) is 0 Å². The molecule has 0 amide bonds. The Morgan fingerprint density at radius 1 is 0.771 bits per heavy atom. The first-order valence-corrected chi connectivity index (χ1v) is 16.0. The van der Waals surface area contributed by atoms with E-state index in [9.17, 15) is 17.3 Å². The summed E-state index contributed by atoms with van der Waals surface area (Å²) in [6.45, 7) is 21.2. The molecule has 0 saturated carbocycles. The van der Waals surface area contributed by atoms with Crippen LogP contribution in [0.1, 0.15) is 72.9 Å². The third-order valence-electron chi connectivity index (χ3n) is 7.24. The molecule has 48 heavy (non-hydrogen) atoms. The average molecular weight is 756 g/mol. The van der Waals surface area contributed by atoms with Crippen molar-refractivity contribution in [2.24, 2.45) is 0 Å². The van der Waals surface area contributed by atoms with Gasteiger partial charge in [-0.3, -0.25) is 4.98 Å². The number of pyridine rings is 1. The summed E-state index contributed by atoms with van der Waals surface area (Å²) >= 11 is 0. The summed E-state index contributed by atoms with van der Waals surface area (Å²) in [5.41, 5.74) is 11.0. The number of hydrogen-bond donors (Lipinski definition) is 0. The maximum Gasteiger partial charge on any atom is 0.673 e. The van der Waals surface area contributed by atoms with Crippen LogP contribution >= 0.6 is 0 Å². The molecule has 0 unspecified atom stereocenters. The second-order valence-corrected chi connectivity index (χ2v) is 12.5. The van der Waals surface area contributed by atoms with Gasteiger partial charge in [-0.05, 0) is 81.1 Å². The van der Waals surface area contributed by atoms with Crippen molar-refractivity contribution >= 4 is 18.6 Å². The van der Waals surface area contributed by atoms with Crippen molar-refractivity contribution in [3.8, 4) is 0 Å². The van der Waals surface area contributed by atoms with Crippen LogP contribution in [-0.2, 0) is 27.0 Å². The zero-order valence-electron chi connectivity index (χ0n) is 29.6. The topological polar surface area (TPSA) is 22.6 Å². The summed E-state index contributed by atoms with van der Waals surface area (Å²) < 4.78 is 39.0. The molecular formula is C38H50BF4N4Pd-3. The molecule has 2 heterocycles. The van der Waals surface area contributed by atoms with Gasteiger partial charge in [-0.1, -0.05) is 69.7 Å². The number of aryl methyl sites for hydroxylation is 3. The van der Waals surface area contributed by atoms with E-state index in [0.29, 0.717) is 11.8 Å². The van der Waals surface area contributed by atoms with Crippen molar-refractivity contribution in [1.82, 2.24) is 9.88 Å². The summed E-state index contributed by atoms with van der Waals surface area (Å²) in [4.78, 5) is 10.8. The molecule has 1 aliphatic rings. The van der Waals surface area contributed by atoms with Crippen molar-refractivity contribution in [3.05, 3.63) is 131 Å². The second-order valence-electron chi connectivity index (χ2n) is 12.5. The Balaban J connectivity index is 0.000000425. The number of nitrogens with zero attached hydrogens (tertiary/aromatic N) is 4. The molecule has 266 valence electrons. The molecule has 1 fully saturated rings. The van der Waals surface area contributed by atoms with E-state index in [1.807, 2.05) is 36.4 Å². The van der Waals surface area contributed by atoms with Crippen molar-refractivity contribution in [2.75, 3.05) is 37.0 Å². The summed E-state index contributed by atoms with van der Waals surface area (Å²) in [6, 6.07) is 28.3. The summed E-state index contributed by atoms with van der Waals surface area (Å²) in [5.74, 6) is 1.04. The van der Waals surface area contributed by atoms with Gasteiger partial charge in [-0.15, -0.1) is 5.56 Å². The van der Waals surface area contributed by atoms with E-state index in [2.05, 4.69) is 131 Å². The molecule has 0 atom stereocenters. The third kappa shape index (κ3) is 15.4. The minimum Gasteiger partial charge on any atom is -0.502 e. The van der Waals surface area contributed by atoms with Crippen LogP contribution in [0.5, 0.6) is 0 Å². The fourth-order valence-electron chi connectivity index (χ4n) is 5.49. The van der Waals surface area contributed by atoms with Crippen LogP contribution in [0, 0.1) is 33.5 Å². The molecule has 0 radical (unpaired) electrons. The first-order valence-electron chi connectivity index (χ1n) is 16.0. The number of halogens is 4. The molecule has 4 aromatic rings. The standard InChI is InChI=1S/C24H33N2.C9H12N.C5H5N.BF4.Pd/c1-16(2)21-9-8-10-22(17(3)4)24(21)26-12-11-25(15-26)23-19(6)13-18(5)14-20(23)7;1-10(2)8-9-6-4-3-5-7-9;1-2-4-6-5-3-1;2-1(3,4)5;/h8-10,13-17H,11-12H2,1-7H3;3-6H,8H2,1-2H3;1-5H;;/q2*-1;;-1;. The Kier molecular flexibility index (Phi) is 18.8. The molecule has 1 aromatic heterocycles. The minimum atomic E-state index is -6.00. The first-order chi connectivity index (χ1) is 22.1. The first kappa shape index (κ1) is 42.8. The van der Waals surface area contributed by atoms with Gasteiger partial charge in [0.15, 0.2) is 0 Å². The van der Waals surface area contributed by atoms with Gasteiger partial charge in [0, 0.05) is 63.8 Å². The monoisotopic (exact) mass is 755 g/mol. The van der Waals surface area contributed by atoms with E-state index in [1.165, 1.54) is 44.8 Å². The van der Waals surface area contributed by atoms with Crippen LogP contribution in [-0.4, -0.2) is 44.3 Å². The zero-order chi connectivity index (χ0) is 35.1. The smallest absolute Gasteiger partial charge is 0.502 e. The molecule has 1 aliphatic heterocycles. The Labute approximate surface area is 300 Å². The molecular weight excluding hydrogens is 706 g/mol. The van der Waals surface area contributed by atoms with Gasteiger partial charge in [-0.25, -0.2) is 0 Å². The van der Waals surface area contributed by atoms with Crippen LogP contribution in [0.3, 0.4) is 0 Å². The predicted molar refractivity (Wildman–Crippen MR) is 191 cm³/mol. The van der Waals surface area contributed by atoms with Gasteiger partial charge in [-0.2, -0.15) is 37.0 Å². The number of aromatic nitrogens is 1. The Morgan fingerprint density at radius 3 is 1.65 bits per heavy atom. The van der Waals surface area contributed by atoms with Crippen LogP contribution < -0.4 is 9.80 Å². The van der Waals surface area contributed by atoms with Gasteiger partial charge < -0.3 is 32.0 Å². The van der Waals surface area contributed by atoms with Crippen molar-refractivity contribution in [2.45, 2.75) is 66.8 Å². The number of para-hydroxylation sites is 1. The molecule has 0 aliphatic carbocycles. The predicted octanol–water partition coefficient (Wildman–Crippen LogP) is 10.2. The largest absolute Gasteiger partial charge is 0.673 e. The van der Waals surface area contributed by atoms with Gasteiger partial charge in [0.1, 0.15) is 0 Å². The van der Waals surface area contributed by atoms with Crippen molar-refractivity contribution < 1.29 is 37.7 Å². The van der Waals surface area contributed by atoms with Crippen LogP contribution in [0.25, 0.3) is 0 Å². The molecule has 1 saturated heterocycles. The number of hydrogen-bond acceptors (Lipinski definition) is 4. The summed E-state index contributed by atoms with van der Waals surface area (Å²) in [7, 11) is -1.89. The molecule has 3 aromatic carbocycles. The van der Waals surface area contributed by atoms with E-state index >= 15 is 0 Å². The Hall–Kier alpha value is -3.18. The van der Waals surface area contributed by atoms with Gasteiger partial charge in [0.05, 0.1) is 0 Å². The molecule has 0 N–H and O–H groups in total. The summed E-state index contributed by atoms with van der Waals surface area (Å²) in [5, 5.41) is 0. The quantitative estimate of drug-likeness (QED) is 0.111. The van der Waals surface area contributed by atoms with Crippen LogP contribution in [0.15, 0.2) is 85.2 Å². The van der Waals surface area contributed by atoms with Crippen molar-refractivity contribution in [3.63, 3.8) is 0 Å². The third-order valence-corrected chi connectivity index (χ3v) is 7.24. The summed E-state index contributed by atoms with van der Waals surface area (Å²) in [6.07, 6.45) is 3.50. The molecule has 0 spiro atoms. The normalized spacial score (nSPS) is 12.4. The second kappa shape index (κ2) is 21.0. The van der Waals surface area contributed by atoms with Gasteiger partial charge in [0.25, 0.3) is 0 Å². The number of anilines is 2. The maximum atomic E-state index is 9.75. The maximum absolute atomic E-state index is 9.75. The fraction of sp³-hybridized carbons (Fsp3) is 0.368. The van der Waals surface area contributed by atoms with E-state index in [0.717, 1.165) is 19.6 Å². The van der Waals surface area contributed by atoms with E-state index in [4.69, 9.17) is 0 Å². The molecule has 0 bridgehead atoms. The molecule has 5 rings (SSSR count).